The number of rotatable bonds is 6. The minimum atomic E-state index is -1.09. The van der Waals surface area contributed by atoms with Gasteiger partial charge in [-0.05, 0) is 59.6 Å². The van der Waals surface area contributed by atoms with Gasteiger partial charge in [-0.15, -0.1) is 11.8 Å². The zero-order chi connectivity index (χ0) is 20.1. The summed E-state index contributed by atoms with van der Waals surface area (Å²) >= 11 is 1.85. The molecule has 1 aromatic heterocycles. The monoisotopic (exact) mass is 393 g/mol. The first kappa shape index (κ1) is 21.5. The van der Waals surface area contributed by atoms with Crippen molar-refractivity contribution in [3.05, 3.63) is 24.0 Å². The van der Waals surface area contributed by atoms with E-state index in [-0.39, 0.29) is 5.91 Å². The Kier molecular flexibility index (Phi) is 7.14. The first-order valence-electron chi connectivity index (χ1n) is 9.47. The van der Waals surface area contributed by atoms with E-state index in [2.05, 4.69) is 21.7 Å². The van der Waals surface area contributed by atoms with Crippen LogP contribution in [0.15, 0.2) is 23.2 Å². The Morgan fingerprint density at radius 3 is 2.52 bits per heavy atom. The predicted octanol–water partition coefficient (Wildman–Crippen LogP) is 4.04. The molecule has 1 fully saturated rings. The van der Waals surface area contributed by atoms with Gasteiger partial charge in [0.25, 0.3) is 0 Å². The smallest absolute Gasteiger partial charge is 0.408 e. The van der Waals surface area contributed by atoms with E-state index in [1.807, 2.05) is 17.8 Å². The van der Waals surface area contributed by atoms with Crippen LogP contribution in [0.1, 0.15) is 66.0 Å². The van der Waals surface area contributed by atoms with Gasteiger partial charge in [-0.3, -0.25) is 9.78 Å². The molecule has 2 amide bonds. The van der Waals surface area contributed by atoms with Crippen molar-refractivity contribution in [1.29, 1.82) is 0 Å². The molecule has 0 aliphatic heterocycles. The zero-order valence-electron chi connectivity index (χ0n) is 16.9. The summed E-state index contributed by atoms with van der Waals surface area (Å²) in [5.41, 5.74) is -0.844. The fourth-order valence-electron chi connectivity index (χ4n) is 2.85. The molecule has 7 heteroatoms. The highest BCUT2D eigenvalue weighted by atomic mass is 32.2. The molecule has 0 bridgehead atoms. The van der Waals surface area contributed by atoms with E-state index < -0.39 is 17.2 Å². The van der Waals surface area contributed by atoms with E-state index >= 15 is 0 Å². The Bertz CT molecular complexity index is 665. The number of hydrogen-bond donors (Lipinski definition) is 2. The molecule has 0 atom stereocenters. The largest absolute Gasteiger partial charge is 0.444 e. The first-order valence-corrected chi connectivity index (χ1v) is 10.3. The standard InChI is InChI=1S/C20H31N3O3S/c1-19(2,3)26-18(25)23-20(4,5)17(24)22-13-15-16(11-8-12-21-15)27-14-9-6-7-10-14/h8,11-12,14H,6-7,9-10,13H2,1-5H3,(H,22,24)(H,23,25). The summed E-state index contributed by atoms with van der Waals surface area (Å²) < 4.78 is 5.23. The van der Waals surface area contributed by atoms with Gasteiger partial charge in [-0.1, -0.05) is 12.8 Å². The summed E-state index contributed by atoms with van der Waals surface area (Å²) in [6, 6.07) is 3.98. The number of aromatic nitrogens is 1. The molecule has 27 heavy (non-hydrogen) atoms. The number of thioether (sulfide) groups is 1. The second-order valence-corrected chi connectivity index (χ2v) is 9.75. The molecule has 2 rings (SSSR count). The zero-order valence-corrected chi connectivity index (χ0v) is 17.7. The normalized spacial score (nSPS) is 15.4. The van der Waals surface area contributed by atoms with Crippen molar-refractivity contribution in [2.75, 3.05) is 0 Å². The number of hydrogen-bond acceptors (Lipinski definition) is 5. The Hall–Kier alpha value is -1.76. The Morgan fingerprint density at radius 2 is 1.89 bits per heavy atom. The molecule has 0 radical (unpaired) electrons. The molecule has 6 nitrogen and oxygen atoms in total. The van der Waals surface area contributed by atoms with Crippen LogP contribution >= 0.6 is 11.8 Å². The highest BCUT2D eigenvalue weighted by molar-refractivity contribution is 8.00. The van der Waals surface area contributed by atoms with E-state index in [0.717, 1.165) is 10.6 Å². The van der Waals surface area contributed by atoms with Crippen LogP contribution in [0, 0.1) is 0 Å². The van der Waals surface area contributed by atoms with Crippen LogP contribution in [-0.2, 0) is 16.1 Å². The van der Waals surface area contributed by atoms with Crippen LogP contribution in [0.5, 0.6) is 0 Å². The van der Waals surface area contributed by atoms with Crippen LogP contribution in [0.25, 0.3) is 0 Å². The van der Waals surface area contributed by atoms with Gasteiger partial charge in [0.15, 0.2) is 0 Å². The third-order valence-electron chi connectivity index (χ3n) is 4.24. The average Bonchev–Trinajstić information content (AvgIpc) is 3.04. The summed E-state index contributed by atoms with van der Waals surface area (Å²) in [4.78, 5) is 30.1. The number of nitrogens with zero attached hydrogens (tertiary/aromatic N) is 1. The molecule has 1 aliphatic rings. The number of carbonyl (C=O) groups excluding carboxylic acids is 2. The molecule has 1 aromatic rings. The molecular formula is C20H31N3O3S. The van der Waals surface area contributed by atoms with Gasteiger partial charge >= 0.3 is 6.09 Å². The molecule has 150 valence electrons. The summed E-state index contributed by atoms with van der Waals surface area (Å²) in [7, 11) is 0. The Labute approximate surface area is 166 Å². The lowest BCUT2D eigenvalue weighted by Gasteiger charge is -2.27. The lowest BCUT2D eigenvalue weighted by Crippen LogP contribution is -2.55. The minimum Gasteiger partial charge on any atom is -0.444 e. The summed E-state index contributed by atoms with van der Waals surface area (Å²) in [5.74, 6) is -0.282. The number of ether oxygens (including phenoxy) is 1. The van der Waals surface area contributed by atoms with Crippen LogP contribution in [-0.4, -0.2) is 33.4 Å². The van der Waals surface area contributed by atoms with Crippen molar-refractivity contribution in [3.8, 4) is 0 Å². The van der Waals surface area contributed by atoms with E-state index in [1.54, 1.807) is 40.8 Å². The van der Waals surface area contributed by atoms with Crippen molar-refractivity contribution in [1.82, 2.24) is 15.6 Å². The van der Waals surface area contributed by atoms with Crippen LogP contribution in [0.3, 0.4) is 0 Å². The minimum absolute atomic E-state index is 0.282. The number of amides is 2. The lowest BCUT2D eigenvalue weighted by atomic mass is 10.1. The Balaban J connectivity index is 1.93. The second kappa shape index (κ2) is 8.95. The fraction of sp³-hybridized carbons (Fsp3) is 0.650. The van der Waals surface area contributed by atoms with Gasteiger partial charge < -0.3 is 15.4 Å². The summed E-state index contributed by atoms with van der Waals surface area (Å²) in [5, 5.41) is 6.14. The third-order valence-corrected chi connectivity index (χ3v) is 5.67. The molecular weight excluding hydrogens is 362 g/mol. The van der Waals surface area contributed by atoms with Crippen molar-refractivity contribution in [3.63, 3.8) is 0 Å². The predicted molar refractivity (Wildman–Crippen MR) is 108 cm³/mol. The van der Waals surface area contributed by atoms with Gasteiger partial charge in [-0.25, -0.2) is 4.79 Å². The van der Waals surface area contributed by atoms with Crippen molar-refractivity contribution < 1.29 is 14.3 Å². The molecule has 2 N–H and O–H groups in total. The van der Waals surface area contributed by atoms with Gasteiger partial charge in [0.2, 0.25) is 5.91 Å². The van der Waals surface area contributed by atoms with Gasteiger partial charge in [0.05, 0.1) is 12.2 Å². The van der Waals surface area contributed by atoms with Crippen LogP contribution in [0.2, 0.25) is 0 Å². The molecule has 0 aromatic carbocycles. The van der Waals surface area contributed by atoms with Gasteiger partial charge in [-0.2, -0.15) is 0 Å². The van der Waals surface area contributed by atoms with E-state index in [1.165, 1.54) is 25.7 Å². The summed E-state index contributed by atoms with van der Waals surface area (Å²) in [6.07, 6.45) is 6.17. The van der Waals surface area contributed by atoms with Gasteiger partial charge in [0, 0.05) is 16.3 Å². The third kappa shape index (κ3) is 7.05. The fourth-order valence-corrected chi connectivity index (χ4v) is 4.20. The topological polar surface area (TPSA) is 80.3 Å². The van der Waals surface area contributed by atoms with E-state index in [0.29, 0.717) is 11.8 Å². The van der Waals surface area contributed by atoms with Crippen LogP contribution in [0.4, 0.5) is 4.79 Å². The number of pyridine rings is 1. The van der Waals surface area contributed by atoms with Crippen LogP contribution < -0.4 is 10.6 Å². The molecule has 1 saturated carbocycles. The maximum Gasteiger partial charge on any atom is 0.408 e. The maximum atomic E-state index is 12.6. The maximum absolute atomic E-state index is 12.6. The van der Waals surface area contributed by atoms with Crippen molar-refractivity contribution >= 4 is 23.8 Å². The molecule has 0 saturated heterocycles. The number of carbonyl (C=O) groups is 2. The highest BCUT2D eigenvalue weighted by Crippen LogP contribution is 2.35. The van der Waals surface area contributed by atoms with E-state index in [4.69, 9.17) is 4.74 Å². The lowest BCUT2D eigenvalue weighted by molar-refractivity contribution is -0.126. The molecule has 0 unspecified atom stereocenters. The number of nitrogens with one attached hydrogen (secondary N) is 2. The first-order chi connectivity index (χ1) is 12.6. The highest BCUT2D eigenvalue weighted by Gasteiger charge is 2.31. The molecule has 0 spiro atoms. The quantitative estimate of drug-likeness (QED) is 0.762. The Morgan fingerprint density at radius 1 is 1.22 bits per heavy atom. The van der Waals surface area contributed by atoms with Crippen molar-refractivity contribution in [2.24, 2.45) is 0 Å². The van der Waals surface area contributed by atoms with Gasteiger partial charge in [0.1, 0.15) is 11.1 Å². The van der Waals surface area contributed by atoms with Crippen molar-refractivity contribution in [2.45, 2.75) is 88.1 Å². The second-order valence-electron chi connectivity index (χ2n) is 8.41. The molecule has 1 aliphatic carbocycles. The molecule has 1 heterocycles. The SMILES string of the molecule is CC(C)(C)OC(=O)NC(C)(C)C(=O)NCc1ncccc1SC1CCCC1. The van der Waals surface area contributed by atoms with E-state index in [9.17, 15) is 9.59 Å². The average molecular weight is 394 g/mol. The summed E-state index contributed by atoms with van der Waals surface area (Å²) in [6.45, 7) is 8.98. The number of alkyl carbamates (subject to hydrolysis) is 1.